The van der Waals surface area contributed by atoms with Gasteiger partial charge >= 0.3 is 12.1 Å². The van der Waals surface area contributed by atoms with Gasteiger partial charge in [-0.05, 0) is 39.8 Å². The van der Waals surface area contributed by atoms with Crippen LogP contribution in [0.15, 0.2) is 35.2 Å². The highest BCUT2D eigenvalue weighted by Crippen LogP contribution is 2.21. The van der Waals surface area contributed by atoms with Crippen LogP contribution in [0.2, 0.25) is 0 Å². The molecule has 0 fully saturated rings. The number of carbonyl (C=O) groups excluding carboxylic acids is 1. The molecule has 0 heterocycles. The third kappa shape index (κ3) is 6.85. The van der Waals surface area contributed by atoms with Crippen LogP contribution in [0.4, 0.5) is 4.79 Å². The van der Waals surface area contributed by atoms with Crippen LogP contribution in [0, 0.1) is 5.92 Å². The number of carboxylic acid groups (broad SMARTS) is 1. The second kappa shape index (κ2) is 8.08. The minimum absolute atomic E-state index is 0.455. The minimum atomic E-state index is -0.949. The van der Waals surface area contributed by atoms with Crippen LogP contribution in [-0.2, 0) is 9.53 Å². The number of benzene rings is 1. The van der Waals surface area contributed by atoms with Crippen molar-refractivity contribution in [1.82, 2.24) is 5.32 Å². The van der Waals surface area contributed by atoms with Crippen LogP contribution in [0.3, 0.4) is 0 Å². The van der Waals surface area contributed by atoms with E-state index in [2.05, 4.69) is 5.32 Å². The van der Waals surface area contributed by atoms with Gasteiger partial charge in [0.1, 0.15) is 5.60 Å². The largest absolute Gasteiger partial charge is 0.481 e. The smallest absolute Gasteiger partial charge is 0.407 e. The lowest BCUT2D eigenvalue weighted by molar-refractivity contribution is -0.141. The molecule has 0 aliphatic heterocycles. The molecule has 2 N–H and O–H groups in total. The molecule has 1 unspecified atom stereocenters. The zero-order valence-corrected chi connectivity index (χ0v) is 14.1. The number of rotatable bonds is 6. The first-order chi connectivity index (χ1) is 10.2. The SMILES string of the molecule is CC(C(=O)O)[C@@H](CSc1ccccc1)NC(=O)OC(C)(C)C. The van der Waals surface area contributed by atoms with Crippen molar-refractivity contribution in [2.45, 2.75) is 44.2 Å². The second-order valence-corrected chi connectivity index (χ2v) is 7.10. The van der Waals surface area contributed by atoms with Gasteiger partial charge in [0.2, 0.25) is 0 Å². The Balaban J connectivity index is 2.68. The van der Waals surface area contributed by atoms with Crippen molar-refractivity contribution in [2.24, 2.45) is 5.92 Å². The molecule has 0 saturated heterocycles. The Bertz CT molecular complexity index is 499. The van der Waals surface area contributed by atoms with E-state index in [9.17, 15) is 14.7 Å². The molecule has 1 aromatic rings. The third-order valence-electron chi connectivity index (χ3n) is 2.87. The Hall–Kier alpha value is -1.69. The van der Waals surface area contributed by atoms with Crippen LogP contribution in [0.1, 0.15) is 27.7 Å². The van der Waals surface area contributed by atoms with E-state index in [1.54, 1.807) is 27.7 Å². The highest BCUT2D eigenvalue weighted by atomic mass is 32.2. The van der Waals surface area contributed by atoms with Crippen molar-refractivity contribution in [3.05, 3.63) is 30.3 Å². The first-order valence-electron chi connectivity index (χ1n) is 7.09. The third-order valence-corrected chi connectivity index (χ3v) is 4.00. The van der Waals surface area contributed by atoms with Gasteiger partial charge in [-0.3, -0.25) is 4.79 Å². The van der Waals surface area contributed by atoms with Crippen molar-refractivity contribution in [1.29, 1.82) is 0 Å². The van der Waals surface area contributed by atoms with Crippen LogP contribution < -0.4 is 5.32 Å². The van der Waals surface area contributed by atoms with E-state index in [0.717, 1.165) is 4.90 Å². The number of alkyl carbamates (subject to hydrolysis) is 1. The first kappa shape index (κ1) is 18.4. The van der Waals surface area contributed by atoms with Gasteiger partial charge in [0, 0.05) is 10.6 Å². The van der Waals surface area contributed by atoms with Gasteiger partial charge in [-0.25, -0.2) is 4.79 Å². The highest BCUT2D eigenvalue weighted by molar-refractivity contribution is 7.99. The molecule has 0 aromatic heterocycles. The van der Waals surface area contributed by atoms with Gasteiger partial charge in [-0.15, -0.1) is 11.8 Å². The summed E-state index contributed by atoms with van der Waals surface area (Å²) in [5.74, 6) is -1.20. The van der Waals surface area contributed by atoms with Crippen molar-refractivity contribution >= 4 is 23.8 Å². The lowest BCUT2D eigenvalue weighted by atomic mass is 10.0. The van der Waals surface area contributed by atoms with Gasteiger partial charge in [0.25, 0.3) is 0 Å². The Morgan fingerprint density at radius 2 is 1.86 bits per heavy atom. The summed E-state index contributed by atoms with van der Waals surface area (Å²) in [6.07, 6.45) is -0.598. The summed E-state index contributed by atoms with van der Waals surface area (Å²) < 4.78 is 5.20. The fraction of sp³-hybridized carbons (Fsp3) is 0.500. The molecule has 2 atom stereocenters. The Kier molecular flexibility index (Phi) is 6.74. The standard InChI is InChI=1S/C16H23NO4S/c1-11(14(18)19)13(17-15(20)21-16(2,3)4)10-22-12-8-6-5-7-9-12/h5-9,11,13H,10H2,1-4H3,(H,17,20)(H,18,19)/t11?,13-/m1/s1. The number of carboxylic acids is 1. The predicted octanol–water partition coefficient (Wildman–Crippen LogP) is 3.39. The van der Waals surface area contributed by atoms with E-state index >= 15 is 0 Å². The summed E-state index contributed by atoms with van der Waals surface area (Å²) in [5, 5.41) is 11.9. The summed E-state index contributed by atoms with van der Waals surface area (Å²) in [7, 11) is 0. The van der Waals surface area contributed by atoms with Gasteiger partial charge in [-0.1, -0.05) is 18.2 Å². The van der Waals surface area contributed by atoms with Gasteiger partial charge < -0.3 is 15.2 Å². The molecule has 5 nitrogen and oxygen atoms in total. The number of aliphatic carboxylic acids is 1. The second-order valence-electron chi connectivity index (χ2n) is 6.00. The number of ether oxygens (including phenoxy) is 1. The molecular formula is C16H23NO4S. The summed E-state index contributed by atoms with van der Waals surface area (Å²) in [4.78, 5) is 24.1. The van der Waals surface area contributed by atoms with E-state index in [-0.39, 0.29) is 0 Å². The predicted molar refractivity (Wildman–Crippen MR) is 87.1 cm³/mol. The van der Waals surface area contributed by atoms with Crippen molar-refractivity contribution < 1.29 is 19.4 Å². The summed E-state index contributed by atoms with van der Waals surface area (Å²) in [6.45, 7) is 6.87. The molecule has 1 rings (SSSR count). The van der Waals surface area contributed by atoms with Crippen molar-refractivity contribution in [3.8, 4) is 0 Å². The van der Waals surface area contributed by atoms with E-state index < -0.39 is 29.6 Å². The molecule has 0 spiro atoms. The van der Waals surface area contributed by atoms with Crippen molar-refractivity contribution in [3.63, 3.8) is 0 Å². The topological polar surface area (TPSA) is 75.6 Å². The van der Waals surface area contributed by atoms with Crippen LogP contribution in [-0.4, -0.2) is 34.6 Å². The molecule has 0 aliphatic carbocycles. The van der Waals surface area contributed by atoms with Crippen molar-refractivity contribution in [2.75, 3.05) is 5.75 Å². The molecule has 0 aliphatic rings. The number of amides is 1. The van der Waals surface area contributed by atoms with Crippen LogP contribution >= 0.6 is 11.8 Å². The maximum Gasteiger partial charge on any atom is 0.407 e. The number of hydrogen-bond acceptors (Lipinski definition) is 4. The monoisotopic (exact) mass is 325 g/mol. The van der Waals surface area contributed by atoms with Crippen LogP contribution in [0.5, 0.6) is 0 Å². The summed E-state index contributed by atoms with van der Waals surface area (Å²) >= 11 is 1.50. The number of nitrogens with one attached hydrogen (secondary N) is 1. The molecule has 22 heavy (non-hydrogen) atoms. The Morgan fingerprint density at radius 3 is 2.36 bits per heavy atom. The van der Waals surface area contributed by atoms with Crippen LogP contribution in [0.25, 0.3) is 0 Å². The molecule has 0 bridgehead atoms. The van der Waals surface area contributed by atoms with E-state index in [0.29, 0.717) is 5.75 Å². The quantitative estimate of drug-likeness (QED) is 0.784. The Morgan fingerprint density at radius 1 is 1.27 bits per heavy atom. The number of carbonyl (C=O) groups is 2. The van der Waals surface area contributed by atoms with Gasteiger partial charge in [-0.2, -0.15) is 0 Å². The number of thioether (sulfide) groups is 1. The molecule has 1 aromatic carbocycles. The molecule has 122 valence electrons. The molecule has 0 saturated carbocycles. The maximum atomic E-state index is 11.9. The van der Waals surface area contributed by atoms with Gasteiger partial charge in [0.05, 0.1) is 12.0 Å². The lowest BCUT2D eigenvalue weighted by Crippen LogP contribution is -2.45. The highest BCUT2D eigenvalue weighted by Gasteiger charge is 2.27. The minimum Gasteiger partial charge on any atom is -0.481 e. The fourth-order valence-electron chi connectivity index (χ4n) is 1.64. The summed E-state index contributed by atoms with van der Waals surface area (Å²) in [6, 6.07) is 9.12. The zero-order valence-electron chi connectivity index (χ0n) is 13.3. The molecule has 1 amide bonds. The Labute approximate surface area is 135 Å². The molecular weight excluding hydrogens is 302 g/mol. The van der Waals surface area contributed by atoms with E-state index in [4.69, 9.17) is 4.74 Å². The van der Waals surface area contributed by atoms with E-state index in [1.165, 1.54) is 11.8 Å². The van der Waals surface area contributed by atoms with Gasteiger partial charge in [0.15, 0.2) is 0 Å². The lowest BCUT2D eigenvalue weighted by Gasteiger charge is -2.25. The van der Waals surface area contributed by atoms with E-state index in [1.807, 2.05) is 30.3 Å². The molecule has 6 heteroatoms. The first-order valence-corrected chi connectivity index (χ1v) is 8.08. The average Bonchev–Trinajstić information content (AvgIpc) is 2.41. The maximum absolute atomic E-state index is 11.9. The molecule has 0 radical (unpaired) electrons. The summed E-state index contributed by atoms with van der Waals surface area (Å²) in [5.41, 5.74) is -0.617. The number of hydrogen-bond donors (Lipinski definition) is 2. The normalized spacial score (nSPS) is 14.0. The average molecular weight is 325 g/mol. The zero-order chi connectivity index (χ0) is 16.8. The fourth-order valence-corrected chi connectivity index (χ4v) is 2.74.